The fraction of sp³-hybridized carbons (Fsp3) is 0.333. The summed E-state index contributed by atoms with van der Waals surface area (Å²) in [6.45, 7) is 0. The molecule has 0 atom stereocenters. The molecule has 1 aromatic carbocycles. The van der Waals surface area contributed by atoms with Gasteiger partial charge in [0.15, 0.2) is 11.6 Å². The molecule has 3 nitrogen and oxygen atoms in total. The number of nitrogens with zero attached hydrogens (tertiary/aromatic N) is 1. The lowest BCUT2D eigenvalue weighted by Crippen LogP contribution is -2.40. The van der Waals surface area contributed by atoms with Gasteiger partial charge in [0.05, 0.1) is 18.6 Å². The van der Waals surface area contributed by atoms with Gasteiger partial charge in [0.1, 0.15) is 5.78 Å². The highest BCUT2D eigenvalue weighted by atomic mass is 19.1. The molecule has 0 unspecified atom stereocenters. The van der Waals surface area contributed by atoms with Crippen LogP contribution in [0.5, 0.6) is 5.75 Å². The average Bonchev–Trinajstić information content (AvgIpc) is 2.24. The van der Waals surface area contributed by atoms with Crippen LogP contribution >= 0.6 is 0 Å². The summed E-state index contributed by atoms with van der Waals surface area (Å²) in [5, 5.41) is 9.14. The maximum atomic E-state index is 13.5. The van der Waals surface area contributed by atoms with E-state index in [1.807, 2.05) is 0 Å². The van der Waals surface area contributed by atoms with Crippen LogP contribution in [0.25, 0.3) is 0 Å². The van der Waals surface area contributed by atoms with Gasteiger partial charge in [-0.25, -0.2) is 4.39 Å². The fourth-order valence-corrected chi connectivity index (χ4v) is 2.04. The Morgan fingerprint density at radius 3 is 2.69 bits per heavy atom. The van der Waals surface area contributed by atoms with Crippen molar-refractivity contribution in [1.82, 2.24) is 0 Å². The first-order chi connectivity index (χ1) is 7.63. The molecule has 2 rings (SSSR count). The van der Waals surface area contributed by atoms with Gasteiger partial charge < -0.3 is 4.74 Å². The van der Waals surface area contributed by atoms with E-state index in [-0.39, 0.29) is 24.4 Å². The predicted octanol–water partition coefficient (Wildman–Crippen LogP) is 1.96. The number of benzene rings is 1. The molecule has 0 N–H and O–H groups in total. The maximum absolute atomic E-state index is 13.5. The summed E-state index contributed by atoms with van der Waals surface area (Å²) in [4.78, 5) is 11.0. The van der Waals surface area contributed by atoms with Crippen LogP contribution in [-0.2, 0) is 10.2 Å². The van der Waals surface area contributed by atoms with Crippen molar-refractivity contribution in [3.8, 4) is 11.8 Å². The Hall–Kier alpha value is -1.89. The Morgan fingerprint density at radius 2 is 2.19 bits per heavy atom. The van der Waals surface area contributed by atoms with Crippen LogP contribution in [0.4, 0.5) is 4.39 Å². The molecule has 0 aromatic heterocycles. The van der Waals surface area contributed by atoms with Crippen molar-refractivity contribution in [2.75, 3.05) is 7.11 Å². The first-order valence-electron chi connectivity index (χ1n) is 4.89. The molecule has 0 aliphatic heterocycles. The van der Waals surface area contributed by atoms with Crippen LogP contribution < -0.4 is 4.74 Å². The number of nitriles is 1. The number of halogens is 1. The molecule has 82 valence electrons. The second-order valence-corrected chi connectivity index (χ2v) is 3.91. The van der Waals surface area contributed by atoms with E-state index >= 15 is 0 Å². The Morgan fingerprint density at radius 1 is 1.50 bits per heavy atom. The number of methoxy groups -OCH3 is 1. The zero-order valence-corrected chi connectivity index (χ0v) is 8.79. The SMILES string of the molecule is COc1c(F)cccc1C1(C#N)CC(=O)C1. The lowest BCUT2D eigenvalue weighted by Gasteiger charge is -2.34. The van der Waals surface area contributed by atoms with Crippen molar-refractivity contribution in [2.45, 2.75) is 18.3 Å². The van der Waals surface area contributed by atoms with E-state index in [9.17, 15) is 9.18 Å². The quantitative estimate of drug-likeness (QED) is 0.763. The normalized spacial score (nSPS) is 17.4. The van der Waals surface area contributed by atoms with Crippen LogP contribution in [0.3, 0.4) is 0 Å². The molecule has 1 aromatic rings. The maximum Gasteiger partial charge on any atom is 0.165 e. The highest BCUT2D eigenvalue weighted by Crippen LogP contribution is 2.45. The minimum absolute atomic E-state index is 0.0212. The average molecular weight is 219 g/mol. The fourth-order valence-electron chi connectivity index (χ4n) is 2.04. The minimum atomic E-state index is -0.898. The molecule has 1 saturated carbocycles. The molecule has 0 heterocycles. The number of ether oxygens (including phenoxy) is 1. The number of hydrogen-bond acceptors (Lipinski definition) is 3. The molecule has 0 bridgehead atoms. The first kappa shape index (κ1) is 10.6. The molecule has 1 aliphatic carbocycles. The second-order valence-electron chi connectivity index (χ2n) is 3.91. The van der Waals surface area contributed by atoms with Crippen LogP contribution in [0.1, 0.15) is 18.4 Å². The van der Waals surface area contributed by atoms with Gasteiger partial charge in [0, 0.05) is 18.4 Å². The predicted molar refractivity (Wildman–Crippen MR) is 54.5 cm³/mol. The van der Waals surface area contributed by atoms with Crippen molar-refractivity contribution in [3.05, 3.63) is 29.6 Å². The molecule has 16 heavy (non-hydrogen) atoms. The van der Waals surface area contributed by atoms with Gasteiger partial charge in [-0.2, -0.15) is 5.26 Å². The third kappa shape index (κ3) is 1.36. The summed E-state index contributed by atoms with van der Waals surface area (Å²) in [6, 6.07) is 6.53. The second kappa shape index (κ2) is 3.60. The third-order valence-corrected chi connectivity index (χ3v) is 2.90. The number of ketones is 1. The first-order valence-corrected chi connectivity index (χ1v) is 4.89. The van der Waals surface area contributed by atoms with Crippen LogP contribution in [-0.4, -0.2) is 12.9 Å². The Balaban J connectivity index is 2.52. The molecule has 0 amide bonds. The molecule has 0 radical (unpaired) electrons. The lowest BCUT2D eigenvalue weighted by molar-refractivity contribution is -0.126. The van der Waals surface area contributed by atoms with Gasteiger partial charge in [0.2, 0.25) is 0 Å². The van der Waals surface area contributed by atoms with Gasteiger partial charge in [-0.3, -0.25) is 4.79 Å². The molecule has 0 spiro atoms. The molecule has 1 fully saturated rings. The highest BCUT2D eigenvalue weighted by molar-refractivity contribution is 5.90. The van der Waals surface area contributed by atoms with Crippen molar-refractivity contribution < 1.29 is 13.9 Å². The topological polar surface area (TPSA) is 50.1 Å². The molecule has 4 heteroatoms. The summed E-state index contributed by atoms with van der Waals surface area (Å²) in [6.07, 6.45) is 0.284. The Kier molecular flexibility index (Phi) is 2.39. The standard InChI is InChI=1S/C12H10FNO2/c1-16-11-9(3-2-4-10(11)13)12(7-14)5-8(15)6-12/h2-4H,5-6H2,1H3. The number of carbonyl (C=O) groups is 1. The van der Waals surface area contributed by atoms with Gasteiger partial charge in [-0.1, -0.05) is 12.1 Å². The van der Waals surface area contributed by atoms with E-state index in [1.54, 1.807) is 6.07 Å². The summed E-state index contributed by atoms with van der Waals surface area (Å²) in [5.41, 5.74) is -0.429. The van der Waals surface area contributed by atoms with Crippen LogP contribution in [0.2, 0.25) is 0 Å². The van der Waals surface area contributed by atoms with Gasteiger partial charge in [0.25, 0.3) is 0 Å². The Labute approximate surface area is 92.4 Å². The smallest absolute Gasteiger partial charge is 0.165 e. The lowest BCUT2D eigenvalue weighted by atomic mass is 9.64. The number of Topliss-reactive ketones (excluding diaryl/α,β-unsaturated/α-hetero) is 1. The number of rotatable bonds is 2. The highest BCUT2D eigenvalue weighted by Gasteiger charge is 2.47. The van der Waals surface area contributed by atoms with Crippen LogP contribution in [0.15, 0.2) is 18.2 Å². The van der Waals surface area contributed by atoms with E-state index in [1.165, 1.54) is 19.2 Å². The number of carbonyl (C=O) groups excluding carboxylic acids is 1. The van der Waals surface area contributed by atoms with Crippen molar-refractivity contribution in [2.24, 2.45) is 0 Å². The van der Waals surface area contributed by atoms with Gasteiger partial charge in [-0.15, -0.1) is 0 Å². The molecule has 1 aliphatic rings. The van der Waals surface area contributed by atoms with Crippen molar-refractivity contribution >= 4 is 5.78 Å². The zero-order valence-electron chi connectivity index (χ0n) is 8.79. The van der Waals surface area contributed by atoms with Crippen molar-refractivity contribution in [1.29, 1.82) is 5.26 Å². The molecular weight excluding hydrogens is 209 g/mol. The van der Waals surface area contributed by atoms with E-state index in [0.29, 0.717) is 5.56 Å². The third-order valence-electron chi connectivity index (χ3n) is 2.90. The monoisotopic (exact) mass is 219 g/mol. The van der Waals surface area contributed by atoms with Gasteiger partial charge >= 0.3 is 0 Å². The summed E-state index contributed by atoms with van der Waals surface area (Å²) in [5.74, 6) is -0.418. The van der Waals surface area contributed by atoms with E-state index in [2.05, 4.69) is 6.07 Å². The van der Waals surface area contributed by atoms with E-state index < -0.39 is 11.2 Å². The number of hydrogen-bond donors (Lipinski definition) is 0. The van der Waals surface area contributed by atoms with Gasteiger partial charge in [-0.05, 0) is 6.07 Å². The summed E-state index contributed by atoms with van der Waals surface area (Å²) < 4.78 is 18.4. The van der Waals surface area contributed by atoms with Crippen LogP contribution in [0, 0.1) is 17.1 Å². The number of para-hydroxylation sites is 1. The summed E-state index contributed by atoms with van der Waals surface area (Å²) in [7, 11) is 1.35. The Bertz CT molecular complexity index is 482. The molecule has 0 saturated heterocycles. The largest absolute Gasteiger partial charge is 0.493 e. The van der Waals surface area contributed by atoms with E-state index in [4.69, 9.17) is 10.00 Å². The zero-order chi connectivity index (χ0) is 11.8. The molecular formula is C12H10FNO2. The van der Waals surface area contributed by atoms with E-state index in [0.717, 1.165) is 0 Å². The minimum Gasteiger partial charge on any atom is -0.493 e. The summed E-state index contributed by atoms with van der Waals surface area (Å²) >= 11 is 0. The van der Waals surface area contributed by atoms with Crippen molar-refractivity contribution in [3.63, 3.8) is 0 Å².